The maximum absolute atomic E-state index is 12.4. The zero-order valence-corrected chi connectivity index (χ0v) is 10.9. The topological polar surface area (TPSA) is 44.1 Å². The molecular weight excluding hydrogens is 248 g/mol. The molecule has 1 aromatic rings. The summed E-state index contributed by atoms with van der Waals surface area (Å²) < 4.78 is 0. The van der Waals surface area contributed by atoms with E-state index < -0.39 is 0 Å². The normalized spacial score (nSPS) is 15.3. The molecule has 1 aromatic carbocycles. The molecule has 2 rings (SSSR count). The fourth-order valence-electron chi connectivity index (χ4n) is 2.45. The molecule has 0 bridgehead atoms. The highest BCUT2D eigenvalue weighted by Gasteiger charge is 2.27. The quantitative estimate of drug-likeness (QED) is 0.785. The van der Waals surface area contributed by atoms with Crippen LogP contribution in [-0.4, -0.2) is 23.4 Å². The Labute approximate surface area is 112 Å². The van der Waals surface area contributed by atoms with Gasteiger partial charge in [-0.25, -0.2) is 0 Å². The van der Waals surface area contributed by atoms with Gasteiger partial charge in [-0.1, -0.05) is 36.6 Å². The summed E-state index contributed by atoms with van der Waals surface area (Å²) >= 11 is 6.04. The van der Waals surface area contributed by atoms with Crippen LogP contribution in [0.4, 0.5) is 0 Å². The minimum atomic E-state index is -0.131. The third kappa shape index (κ3) is 2.65. The summed E-state index contributed by atoms with van der Waals surface area (Å²) in [6.07, 6.45) is 4.22. The maximum atomic E-state index is 12.4. The molecule has 1 saturated carbocycles. The van der Waals surface area contributed by atoms with Gasteiger partial charge in [0.05, 0.1) is 16.7 Å². The first kappa shape index (κ1) is 12.9. The smallest absolute Gasteiger partial charge is 0.256 e. The van der Waals surface area contributed by atoms with Crippen molar-refractivity contribution in [3.05, 3.63) is 34.9 Å². The summed E-state index contributed by atoms with van der Waals surface area (Å²) in [7, 11) is 0. The average molecular weight is 263 g/mol. The zero-order valence-electron chi connectivity index (χ0n) is 10.1. The molecule has 1 fully saturated rings. The minimum absolute atomic E-state index is 0.131. The van der Waals surface area contributed by atoms with Crippen molar-refractivity contribution in [3.63, 3.8) is 0 Å². The third-order valence-corrected chi connectivity index (χ3v) is 3.70. The Morgan fingerprint density at radius 1 is 1.39 bits per heavy atom. The molecule has 1 aliphatic rings. The van der Waals surface area contributed by atoms with E-state index in [-0.39, 0.29) is 18.5 Å². The van der Waals surface area contributed by atoms with Gasteiger partial charge < -0.3 is 4.90 Å². The van der Waals surface area contributed by atoms with Crippen LogP contribution in [0.25, 0.3) is 0 Å². The van der Waals surface area contributed by atoms with Crippen molar-refractivity contribution in [2.24, 2.45) is 0 Å². The van der Waals surface area contributed by atoms with Crippen molar-refractivity contribution in [2.75, 3.05) is 6.54 Å². The van der Waals surface area contributed by atoms with Crippen LogP contribution in [0.1, 0.15) is 36.0 Å². The molecule has 3 nitrogen and oxygen atoms in total. The van der Waals surface area contributed by atoms with E-state index in [1.54, 1.807) is 29.2 Å². The Kier molecular flexibility index (Phi) is 4.22. The lowest BCUT2D eigenvalue weighted by Gasteiger charge is -2.26. The number of hydrogen-bond donors (Lipinski definition) is 0. The highest BCUT2D eigenvalue weighted by Crippen LogP contribution is 2.26. The van der Waals surface area contributed by atoms with Crippen LogP contribution >= 0.6 is 11.6 Å². The molecule has 0 radical (unpaired) electrons. The second-order valence-electron chi connectivity index (χ2n) is 4.51. The Morgan fingerprint density at radius 2 is 2.06 bits per heavy atom. The molecule has 18 heavy (non-hydrogen) atoms. The van der Waals surface area contributed by atoms with E-state index in [2.05, 4.69) is 6.07 Å². The van der Waals surface area contributed by atoms with Gasteiger partial charge in [-0.15, -0.1) is 0 Å². The van der Waals surface area contributed by atoms with Gasteiger partial charge in [0, 0.05) is 6.04 Å². The summed E-state index contributed by atoms with van der Waals surface area (Å²) in [4.78, 5) is 14.1. The standard InChI is InChI=1S/C14H15ClN2O/c15-13-8-4-3-7-12(13)14(18)17(10-9-16)11-5-1-2-6-11/h3-4,7-8,11H,1-2,5-6,10H2. The summed E-state index contributed by atoms with van der Waals surface area (Å²) in [6, 6.07) is 9.26. The number of carbonyl (C=O) groups is 1. The number of amides is 1. The van der Waals surface area contributed by atoms with Crippen LogP contribution in [0.3, 0.4) is 0 Å². The number of rotatable bonds is 3. The Hall–Kier alpha value is -1.53. The van der Waals surface area contributed by atoms with Crippen molar-refractivity contribution < 1.29 is 4.79 Å². The van der Waals surface area contributed by atoms with E-state index in [4.69, 9.17) is 16.9 Å². The number of nitriles is 1. The van der Waals surface area contributed by atoms with Gasteiger partial charge in [-0.3, -0.25) is 4.79 Å². The molecule has 0 spiro atoms. The van der Waals surface area contributed by atoms with E-state index in [0.29, 0.717) is 10.6 Å². The average Bonchev–Trinajstić information content (AvgIpc) is 2.89. The zero-order chi connectivity index (χ0) is 13.0. The SMILES string of the molecule is N#CCN(C(=O)c1ccccc1Cl)C1CCCC1. The van der Waals surface area contributed by atoms with Gasteiger partial charge in [-0.05, 0) is 25.0 Å². The largest absolute Gasteiger partial charge is 0.322 e. The molecule has 1 amide bonds. The van der Waals surface area contributed by atoms with E-state index >= 15 is 0 Å². The lowest BCUT2D eigenvalue weighted by Crippen LogP contribution is -2.39. The van der Waals surface area contributed by atoms with Gasteiger partial charge in [0.2, 0.25) is 0 Å². The fraction of sp³-hybridized carbons (Fsp3) is 0.429. The Morgan fingerprint density at radius 3 is 2.67 bits per heavy atom. The van der Waals surface area contributed by atoms with E-state index in [1.165, 1.54) is 0 Å². The molecule has 0 unspecified atom stereocenters. The van der Waals surface area contributed by atoms with Gasteiger partial charge in [0.15, 0.2) is 0 Å². The van der Waals surface area contributed by atoms with Gasteiger partial charge >= 0.3 is 0 Å². The molecule has 0 saturated heterocycles. The fourth-order valence-corrected chi connectivity index (χ4v) is 2.66. The Bertz CT molecular complexity index is 475. The van der Waals surface area contributed by atoms with Crippen molar-refractivity contribution in [3.8, 4) is 6.07 Å². The highest BCUT2D eigenvalue weighted by molar-refractivity contribution is 6.33. The molecule has 0 aromatic heterocycles. The second kappa shape index (κ2) is 5.88. The molecule has 1 aliphatic carbocycles. The monoisotopic (exact) mass is 262 g/mol. The van der Waals surface area contributed by atoms with Gasteiger partial charge in [-0.2, -0.15) is 5.26 Å². The highest BCUT2D eigenvalue weighted by atomic mass is 35.5. The van der Waals surface area contributed by atoms with Gasteiger partial charge in [0.1, 0.15) is 6.54 Å². The van der Waals surface area contributed by atoms with Crippen molar-refractivity contribution in [2.45, 2.75) is 31.7 Å². The number of carbonyl (C=O) groups excluding carboxylic acids is 1. The molecular formula is C14H15ClN2O. The predicted octanol–water partition coefficient (Wildman–Crippen LogP) is 3.25. The van der Waals surface area contributed by atoms with Crippen LogP contribution in [0.2, 0.25) is 5.02 Å². The lowest BCUT2D eigenvalue weighted by atomic mass is 10.1. The molecule has 94 valence electrons. The van der Waals surface area contributed by atoms with E-state index in [0.717, 1.165) is 25.7 Å². The summed E-state index contributed by atoms with van der Waals surface area (Å²) in [5.41, 5.74) is 0.487. The molecule has 0 aliphatic heterocycles. The molecule has 0 N–H and O–H groups in total. The number of nitrogens with zero attached hydrogens (tertiary/aromatic N) is 2. The Balaban J connectivity index is 2.23. The molecule has 0 heterocycles. The predicted molar refractivity (Wildman–Crippen MR) is 70.4 cm³/mol. The van der Waals surface area contributed by atoms with E-state index in [1.807, 2.05) is 0 Å². The maximum Gasteiger partial charge on any atom is 0.256 e. The molecule has 4 heteroatoms. The summed E-state index contributed by atoms with van der Waals surface area (Å²) in [5.74, 6) is -0.131. The van der Waals surface area contributed by atoms with Crippen LogP contribution in [0.5, 0.6) is 0 Å². The summed E-state index contributed by atoms with van der Waals surface area (Å²) in [6.45, 7) is 0.134. The van der Waals surface area contributed by atoms with E-state index in [9.17, 15) is 4.79 Å². The lowest BCUT2D eigenvalue weighted by molar-refractivity contribution is 0.0709. The third-order valence-electron chi connectivity index (χ3n) is 3.37. The first-order valence-electron chi connectivity index (χ1n) is 6.16. The van der Waals surface area contributed by atoms with Crippen LogP contribution in [-0.2, 0) is 0 Å². The van der Waals surface area contributed by atoms with Gasteiger partial charge in [0.25, 0.3) is 5.91 Å². The first-order chi connectivity index (χ1) is 8.74. The van der Waals surface area contributed by atoms with Crippen molar-refractivity contribution in [1.29, 1.82) is 5.26 Å². The van der Waals surface area contributed by atoms with Crippen molar-refractivity contribution >= 4 is 17.5 Å². The number of benzene rings is 1. The molecule has 0 atom stereocenters. The first-order valence-corrected chi connectivity index (χ1v) is 6.54. The van der Waals surface area contributed by atoms with Crippen LogP contribution in [0, 0.1) is 11.3 Å². The van der Waals surface area contributed by atoms with Crippen LogP contribution < -0.4 is 0 Å². The second-order valence-corrected chi connectivity index (χ2v) is 4.92. The number of hydrogen-bond acceptors (Lipinski definition) is 2. The number of halogens is 1. The summed E-state index contributed by atoms with van der Waals surface area (Å²) in [5, 5.41) is 9.33. The minimum Gasteiger partial charge on any atom is -0.322 e. The van der Waals surface area contributed by atoms with Crippen molar-refractivity contribution in [1.82, 2.24) is 4.90 Å². The van der Waals surface area contributed by atoms with Crippen LogP contribution in [0.15, 0.2) is 24.3 Å².